The molecule has 1 amide bonds. The predicted molar refractivity (Wildman–Crippen MR) is 63.9 cm³/mol. The molecule has 0 aromatic rings. The molecule has 1 saturated heterocycles. The van der Waals surface area contributed by atoms with Gasteiger partial charge in [-0.05, 0) is 37.7 Å². The van der Waals surface area contributed by atoms with Crippen LogP contribution in [0.3, 0.4) is 0 Å². The zero-order chi connectivity index (χ0) is 10.9. The third kappa shape index (κ3) is 2.02. The summed E-state index contributed by atoms with van der Waals surface area (Å²) in [5, 5.41) is 3.49. The van der Waals surface area contributed by atoms with Gasteiger partial charge in [0.2, 0.25) is 5.91 Å². The van der Waals surface area contributed by atoms with E-state index in [9.17, 15) is 4.79 Å². The van der Waals surface area contributed by atoms with Crippen molar-refractivity contribution in [3.63, 3.8) is 0 Å². The van der Waals surface area contributed by atoms with Gasteiger partial charge in [0, 0.05) is 6.54 Å². The topological polar surface area (TPSA) is 32.3 Å². The maximum absolute atomic E-state index is 12.1. The van der Waals surface area contributed by atoms with Crippen LogP contribution < -0.4 is 5.32 Å². The first-order valence-corrected chi connectivity index (χ1v) is 7.20. The Morgan fingerprint density at radius 1 is 1.60 bits per heavy atom. The SMILES string of the molecule is CCC1NC2(CC2)C(=O)N1CCCSC. The second-order valence-corrected chi connectivity index (χ2v) is 5.48. The molecule has 0 radical (unpaired) electrons. The number of carbonyl (C=O) groups is 1. The maximum atomic E-state index is 12.1. The minimum atomic E-state index is -0.125. The van der Waals surface area contributed by atoms with Gasteiger partial charge in [0.1, 0.15) is 0 Å². The van der Waals surface area contributed by atoms with Gasteiger partial charge in [0.25, 0.3) is 0 Å². The number of amides is 1. The smallest absolute Gasteiger partial charge is 0.244 e. The van der Waals surface area contributed by atoms with Crippen LogP contribution in [-0.2, 0) is 4.79 Å². The van der Waals surface area contributed by atoms with Gasteiger partial charge in [-0.2, -0.15) is 11.8 Å². The van der Waals surface area contributed by atoms with E-state index >= 15 is 0 Å². The number of carbonyl (C=O) groups excluding carboxylic acids is 1. The molecule has 1 saturated carbocycles. The quantitative estimate of drug-likeness (QED) is 0.723. The molecule has 1 atom stereocenters. The van der Waals surface area contributed by atoms with Crippen molar-refractivity contribution >= 4 is 17.7 Å². The van der Waals surface area contributed by atoms with Gasteiger partial charge in [0.05, 0.1) is 11.7 Å². The van der Waals surface area contributed by atoms with Crippen molar-refractivity contribution in [2.24, 2.45) is 0 Å². The van der Waals surface area contributed by atoms with E-state index in [1.807, 2.05) is 11.8 Å². The summed E-state index contributed by atoms with van der Waals surface area (Å²) in [5.41, 5.74) is -0.125. The highest BCUT2D eigenvalue weighted by atomic mass is 32.2. The van der Waals surface area contributed by atoms with E-state index in [1.165, 1.54) is 0 Å². The Kier molecular flexibility index (Phi) is 3.26. The van der Waals surface area contributed by atoms with E-state index < -0.39 is 0 Å². The Morgan fingerprint density at radius 2 is 2.33 bits per heavy atom. The maximum Gasteiger partial charge on any atom is 0.244 e. The van der Waals surface area contributed by atoms with Crippen molar-refractivity contribution in [2.45, 2.75) is 44.3 Å². The molecule has 4 heteroatoms. The Labute approximate surface area is 96.0 Å². The van der Waals surface area contributed by atoms with Crippen LogP contribution in [0.1, 0.15) is 32.6 Å². The first-order valence-electron chi connectivity index (χ1n) is 5.81. The molecule has 1 aliphatic heterocycles. The van der Waals surface area contributed by atoms with Crippen LogP contribution in [0.5, 0.6) is 0 Å². The standard InChI is InChI=1S/C11H20N2OS/c1-3-9-12-11(5-6-11)10(14)13(9)7-4-8-15-2/h9,12H,3-8H2,1-2H3. The summed E-state index contributed by atoms with van der Waals surface area (Å²) in [6.45, 7) is 3.07. The Bertz CT molecular complexity index is 253. The minimum Gasteiger partial charge on any atom is -0.326 e. The summed E-state index contributed by atoms with van der Waals surface area (Å²) < 4.78 is 0. The Balaban J connectivity index is 1.92. The van der Waals surface area contributed by atoms with Crippen molar-refractivity contribution in [1.29, 1.82) is 0 Å². The highest BCUT2D eigenvalue weighted by Gasteiger charge is 2.58. The van der Waals surface area contributed by atoms with E-state index in [0.717, 1.165) is 38.0 Å². The molecule has 15 heavy (non-hydrogen) atoms. The van der Waals surface area contributed by atoms with Crippen LogP contribution in [-0.4, -0.2) is 41.1 Å². The highest BCUT2D eigenvalue weighted by Crippen LogP contribution is 2.42. The van der Waals surface area contributed by atoms with Gasteiger partial charge >= 0.3 is 0 Å². The van der Waals surface area contributed by atoms with Crippen LogP contribution in [0, 0.1) is 0 Å². The lowest BCUT2D eigenvalue weighted by atomic mass is 10.2. The van der Waals surface area contributed by atoms with Crippen LogP contribution in [0.2, 0.25) is 0 Å². The van der Waals surface area contributed by atoms with Gasteiger partial charge in [-0.15, -0.1) is 0 Å². The van der Waals surface area contributed by atoms with Crippen LogP contribution in [0.25, 0.3) is 0 Å². The fraction of sp³-hybridized carbons (Fsp3) is 0.909. The molecule has 1 spiro atoms. The molecule has 0 bridgehead atoms. The van der Waals surface area contributed by atoms with Crippen molar-refractivity contribution in [1.82, 2.24) is 10.2 Å². The minimum absolute atomic E-state index is 0.125. The van der Waals surface area contributed by atoms with E-state index in [2.05, 4.69) is 23.4 Å². The molecule has 2 aliphatic rings. The summed E-state index contributed by atoms with van der Waals surface area (Å²) in [6, 6.07) is 0. The summed E-state index contributed by atoms with van der Waals surface area (Å²) in [7, 11) is 0. The molecule has 1 N–H and O–H groups in total. The molecule has 2 fully saturated rings. The second-order valence-electron chi connectivity index (χ2n) is 4.50. The van der Waals surface area contributed by atoms with E-state index in [0.29, 0.717) is 12.1 Å². The summed E-state index contributed by atoms with van der Waals surface area (Å²) in [4.78, 5) is 14.2. The number of hydrogen-bond donors (Lipinski definition) is 1. The third-order valence-electron chi connectivity index (χ3n) is 3.37. The third-order valence-corrected chi connectivity index (χ3v) is 4.07. The zero-order valence-corrected chi connectivity index (χ0v) is 10.4. The van der Waals surface area contributed by atoms with Crippen LogP contribution in [0.15, 0.2) is 0 Å². The number of thioether (sulfide) groups is 1. The van der Waals surface area contributed by atoms with E-state index in [1.54, 1.807) is 0 Å². The van der Waals surface area contributed by atoms with Gasteiger partial charge in [-0.3, -0.25) is 10.1 Å². The molecular weight excluding hydrogens is 208 g/mol. The molecule has 86 valence electrons. The van der Waals surface area contributed by atoms with Crippen molar-refractivity contribution in [3.8, 4) is 0 Å². The van der Waals surface area contributed by atoms with E-state index in [-0.39, 0.29) is 5.54 Å². The first-order chi connectivity index (χ1) is 7.23. The lowest BCUT2D eigenvalue weighted by molar-refractivity contribution is -0.130. The average Bonchev–Trinajstić information content (AvgIpc) is 2.96. The lowest BCUT2D eigenvalue weighted by Crippen LogP contribution is -2.37. The summed E-state index contributed by atoms with van der Waals surface area (Å²) in [5.74, 6) is 1.50. The molecule has 1 unspecified atom stereocenters. The highest BCUT2D eigenvalue weighted by molar-refractivity contribution is 7.98. The zero-order valence-electron chi connectivity index (χ0n) is 9.58. The van der Waals surface area contributed by atoms with Crippen molar-refractivity contribution < 1.29 is 4.79 Å². The number of nitrogens with zero attached hydrogens (tertiary/aromatic N) is 1. The first kappa shape index (κ1) is 11.3. The average molecular weight is 228 g/mol. The fourth-order valence-corrected chi connectivity index (χ4v) is 2.74. The summed E-state index contributed by atoms with van der Waals surface area (Å²) >= 11 is 1.85. The predicted octanol–water partition coefficient (Wildman–Crippen LogP) is 1.44. The van der Waals surface area contributed by atoms with Gasteiger partial charge in [-0.1, -0.05) is 6.92 Å². The molecule has 0 aromatic carbocycles. The molecule has 2 rings (SSSR count). The number of nitrogens with one attached hydrogen (secondary N) is 1. The Morgan fingerprint density at radius 3 is 2.87 bits per heavy atom. The van der Waals surface area contributed by atoms with E-state index in [4.69, 9.17) is 0 Å². The fourth-order valence-electron chi connectivity index (χ4n) is 2.32. The van der Waals surface area contributed by atoms with Crippen LogP contribution in [0.4, 0.5) is 0 Å². The van der Waals surface area contributed by atoms with Crippen LogP contribution >= 0.6 is 11.8 Å². The number of hydrogen-bond acceptors (Lipinski definition) is 3. The van der Waals surface area contributed by atoms with Crippen molar-refractivity contribution in [2.75, 3.05) is 18.6 Å². The molecule has 1 heterocycles. The largest absolute Gasteiger partial charge is 0.326 e. The van der Waals surface area contributed by atoms with Gasteiger partial charge < -0.3 is 4.90 Å². The normalized spacial score (nSPS) is 27.7. The summed E-state index contributed by atoms with van der Waals surface area (Å²) in [6.07, 6.45) is 6.63. The lowest BCUT2D eigenvalue weighted by Gasteiger charge is -2.22. The second kappa shape index (κ2) is 4.34. The number of rotatable bonds is 5. The van der Waals surface area contributed by atoms with Gasteiger partial charge in [0.15, 0.2) is 0 Å². The molecule has 1 aliphatic carbocycles. The van der Waals surface area contributed by atoms with Gasteiger partial charge in [-0.25, -0.2) is 0 Å². The molecule has 0 aromatic heterocycles. The monoisotopic (exact) mass is 228 g/mol. The molecule has 3 nitrogen and oxygen atoms in total. The van der Waals surface area contributed by atoms with Crippen molar-refractivity contribution in [3.05, 3.63) is 0 Å². The molecular formula is C11H20N2OS. The Hall–Kier alpha value is -0.220.